The van der Waals surface area contributed by atoms with E-state index in [1.165, 1.54) is 0 Å². The molecule has 88 valence electrons. The van der Waals surface area contributed by atoms with Gasteiger partial charge in [0.25, 0.3) is 0 Å². The predicted octanol–water partition coefficient (Wildman–Crippen LogP) is 3.70. The summed E-state index contributed by atoms with van der Waals surface area (Å²) in [7, 11) is 0. The first-order valence-electron chi connectivity index (χ1n) is 5.18. The molecule has 0 radical (unpaired) electrons. The molecule has 0 amide bonds. The molecule has 0 bridgehead atoms. The number of halogens is 1. The van der Waals surface area contributed by atoms with E-state index in [2.05, 4.69) is 25.9 Å². The maximum Gasteiger partial charge on any atom is 0.149 e. The van der Waals surface area contributed by atoms with Crippen LogP contribution in [0.25, 0.3) is 10.7 Å². The number of aromatic amines is 1. The highest BCUT2D eigenvalue weighted by molar-refractivity contribution is 9.10. The van der Waals surface area contributed by atoms with Crippen LogP contribution in [0.15, 0.2) is 15.9 Å². The van der Waals surface area contributed by atoms with Crippen LogP contribution in [-0.4, -0.2) is 16.6 Å². The van der Waals surface area contributed by atoms with Crippen LogP contribution in [0.1, 0.15) is 11.3 Å². The van der Waals surface area contributed by atoms with Gasteiger partial charge >= 0.3 is 0 Å². The second-order valence-electron chi connectivity index (χ2n) is 3.78. The lowest BCUT2D eigenvalue weighted by molar-refractivity contribution is 0.108. The van der Waals surface area contributed by atoms with Crippen LogP contribution in [-0.2, 0) is 17.8 Å². The van der Waals surface area contributed by atoms with Crippen molar-refractivity contribution in [3.05, 3.63) is 31.8 Å². The van der Waals surface area contributed by atoms with Crippen LogP contribution in [0.2, 0.25) is 0 Å². The molecular formula is C11H9BrN2OS2. The molecule has 17 heavy (non-hydrogen) atoms. The SMILES string of the molecule is S=c1nc(-c2cc(Br)cs2)[nH]c2c1COCC2. The van der Waals surface area contributed by atoms with E-state index in [4.69, 9.17) is 17.0 Å². The average molecular weight is 329 g/mol. The van der Waals surface area contributed by atoms with Crippen molar-refractivity contribution < 1.29 is 4.74 Å². The van der Waals surface area contributed by atoms with Gasteiger partial charge in [0.05, 0.1) is 18.1 Å². The molecule has 1 N–H and O–H groups in total. The van der Waals surface area contributed by atoms with Gasteiger partial charge in [-0.2, -0.15) is 0 Å². The standard InChI is InChI=1S/C11H9BrN2OS2/c12-6-3-9(17-5-6)10-13-8-1-2-15-4-7(8)11(16)14-10/h3,5H,1-2,4H2,(H,13,14,16). The smallest absolute Gasteiger partial charge is 0.149 e. The number of hydrogen-bond acceptors (Lipinski definition) is 4. The minimum atomic E-state index is 0.575. The molecule has 3 rings (SSSR count). The predicted molar refractivity (Wildman–Crippen MR) is 73.8 cm³/mol. The van der Waals surface area contributed by atoms with Gasteiger partial charge in [0.1, 0.15) is 10.5 Å². The Balaban J connectivity index is 2.13. The van der Waals surface area contributed by atoms with Crippen molar-refractivity contribution >= 4 is 39.5 Å². The molecular weight excluding hydrogens is 320 g/mol. The van der Waals surface area contributed by atoms with Gasteiger partial charge in [-0.3, -0.25) is 0 Å². The third-order valence-corrected chi connectivity index (χ3v) is 4.68. The van der Waals surface area contributed by atoms with E-state index in [0.29, 0.717) is 11.2 Å². The van der Waals surface area contributed by atoms with Crippen molar-refractivity contribution in [2.45, 2.75) is 13.0 Å². The van der Waals surface area contributed by atoms with E-state index in [0.717, 1.165) is 39.5 Å². The van der Waals surface area contributed by atoms with Gasteiger partial charge in [0, 0.05) is 27.5 Å². The first kappa shape index (κ1) is 11.5. The number of H-pyrrole nitrogens is 1. The number of aromatic nitrogens is 2. The van der Waals surface area contributed by atoms with Crippen LogP contribution in [0.5, 0.6) is 0 Å². The van der Waals surface area contributed by atoms with Gasteiger partial charge in [-0.05, 0) is 22.0 Å². The summed E-state index contributed by atoms with van der Waals surface area (Å²) in [6.07, 6.45) is 0.876. The lowest BCUT2D eigenvalue weighted by Crippen LogP contribution is -2.13. The molecule has 1 aliphatic heterocycles. The third-order valence-electron chi connectivity index (χ3n) is 2.65. The highest BCUT2D eigenvalue weighted by Crippen LogP contribution is 2.28. The van der Waals surface area contributed by atoms with E-state index >= 15 is 0 Å². The number of fused-ring (bicyclic) bond motifs is 1. The van der Waals surface area contributed by atoms with Gasteiger partial charge in [0.15, 0.2) is 0 Å². The summed E-state index contributed by atoms with van der Waals surface area (Å²) < 4.78 is 7.11. The van der Waals surface area contributed by atoms with Crippen LogP contribution in [0.4, 0.5) is 0 Å². The van der Waals surface area contributed by atoms with Crippen molar-refractivity contribution in [3.8, 4) is 10.7 Å². The molecule has 1 aliphatic rings. The normalized spacial score (nSPS) is 14.6. The molecule has 0 fully saturated rings. The minimum Gasteiger partial charge on any atom is -0.376 e. The number of rotatable bonds is 1. The Bertz CT molecular complexity index is 620. The van der Waals surface area contributed by atoms with Crippen molar-refractivity contribution in [2.24, 2.45) is 0 Å². The minimum absolute atomic E-state index is 0.575. The number of ether oxygens (including phenoxy) is 1. The van der Waals surface area contributed by atoms with Crippen molar-refractivity contribution in [1.82, 2.24) is 9.97 Å². The van der Waals surface area contributed by atoms with Gasteiger partial charge in [-0.15, -0.1) is 11.3 Å². The average Bonchev–Trinajstić information content (AvgIpc) is 2.76. The third kappa shape index (κ3) is 2.22. The number of thiophene rings is 1. The first-order chi connectivity index (χ1) is 8.24. The van der Waals surface area contributed by atoms with Gasteiger partial charge in [-0.25, -0.2) is 4.98 Å². The fourth-order valence-electron chi connectivity index (χ4n) is 1.81. The molecule has 0 saturated heterocycles. The first-order valence-corrected chi connectivity index (χ1v) is 7.26. The topological polar surface area (TPSA) is 37.9 Å². The van der Waals surface area contributed by atoms with Crippen molar-refractivity contribution in [3.63, 3.8) is 0 Å². The molecule has 2 aromatic rings. The van der Waals surface area contributed by atoms with Crippen LogP contribution >= 0.6 is 39.5 Å². The van der Waals surface area contributed by atoms with E-state index in [1.807, 2.05) is 11.4 Å². The second kappa shape index (κ2) is 4.61. The Morgan fingerprint density at radius 3 is 3.18 bits per heavy atom. The Morgan fingerprint density at radius 2 is 2.41 bits per heavy atom. The van der Waals surface area contributed by atoms with E-state index in [-0.39, 0.29) is 0 Å². The molecule has 0 spiro atoms. The molecule has 0 aliphatic carbocycles. The highest BCUT2D eigenvalue weighted by atomic mass is 79.9. The Kier molecular flexibility index (Phi) is 3.12. The summed E-state index contributed by atoms with van der Waals surface area (Å²) in [4.78, 5) is 8.90. The van der Waals surface area contributed by atoms with Crippen LogP contribution in [0.3, 0.4) is 0 Å². The highest BCUT2D eigenvalue weighted by Gasteiger charge is 2.14. The Morgan fingerprint density at radius 1 is 1.53 bits per heavy atom. The monoisotopic (exact) mass is 328 g/mol. The van der Waals surface area contributed by atoms with Crippen LogP contribution in [0, 0.1) is 4.64 Å². The van der Waals surface area contributed by atoms with Gasteiger partial charge in [0.2, 0.25) is 0 Å². The second-order valence-corrected chi connectivity index (χ2v) is 5.99. The molecule has 0 aromatic carbocycles. The summed E-state index contributed by atoms with van der Waals surface area (Å²) in [5.74, 6) is 0.853. The lowest BCUT2D eigenvalue weighted by Gasteiger charge is -2.16. The summed E-state index contributed by atoms with van der Waals surface area (Å²) >= 11 is 10.4. The Hall–Kier alpha value is -0.560. The molecule has 0 atom stereocenters. The van der Waals surface area contributed by atoms with Gasteiger partial charge in [-0.1, -0.05) is 12.2 Å². The number of hydrogen-bond donors (Lipinski definition) is 1. The largest absolute Gasteiger partial charge is 0.376 e. The van der Waals surface area contributed by atoms with E-state index < -0.39 is 0 Å². The zero-order chi connectivity index (χ0) is 11.8. The molecule has 0 unspecified atom stereocenters. The molecule has 3 heterocycles. The molecule has 2 aromatic heterocycles. The summed E-state index contributed by atoms with van der Waals surface area (Å²) in [6, 6.07) is 2.05. The summed E-state index contributed by atoms with van der Waals surface area (Å²) in [6.45, 7) is 1.32. The van der Waals surface area contributed by atoms with E-state index in [1.54, 1.807) is 11.3 Å². The maximum absolute atomic E-state index is 5.39. The van der Waals surface area contributed by atoms with Crippen molar-refractivity contribution in [1.29, 1.82) is 0 Å². The Labute approximate surface area is 116 Å². The molecule has 6 heteroatoms. The molecule has 3 nitrogen and oxygen atoms in total. The maximum atomic E-state index is 5.39. The zero-order valence-electron chi connectivity index (χ0n) is 8.83. The summed E-state index contributed by atoms with van der Waals surface area (Å²) in [5, 5.41) is 2.04. The number of nitrogens with zero attached hydrogens (tertiary/aromatic N) is 1. The molecule has 0 saturated carbocycles. The number of nitrogens with one attached hydrogen (secondary N) is 1. The summed E-state index contributed by atoms with van der Waals surface area (Å²) in [5.41, 5.74) is 2.20. The zero-order valence-corrected chi connectivity index (χ0v) is 12.0. The van der Waals surface area contributed by atoms with E-state index in [9.17, 15) is 0 Å². The lowest BCUT2D eigenvalue weighted by atomic mass is 10.1. The quantitative estimate of drug-likeness (QED) is 0.811. The van der Waals surface area contributed by atoms with Crippen molar-refractivity contribution in [2.75, 3.05) is 6.61 Å². The van der Waals surface area contributed by atoms with Crippen LogP contribution < -0.4 is 0 Å². The van der Waals surface area contributed by atoms with Gasteiger partial charge < -0.3 is 9.72 Å². The fourth-order valence-corrected chi connectivity index (χ4v) is 3.45. The fraction of sp³-hybridized carbons (Fsp3) is 0.273.